The van der Waals surface area contributed by atoms with Gasteiger partial charge in [0.2, 0.25) is 15.9 Å². The molecule has 1 heterocycles. The van der Waals surface area contributed by atoms with E-state index in [0.717, 1.165) is 5.56 Å². The van der Waals surface area contributed by atoms with E-state index in [2.05, 4.69) is 10.0 Å². The van der Waals surface area contributed by atoms with E-state index < -0.39 is 10.0 Å². The molecule has 1 amide bonds. The van der Waals surface area contributed by atoms with Gasteiger partial charge in [0, 0.05) is 18.8 Å². The van der Waals surface area contributed by atoms with Crippen LogP contribution in [-0.2, 0) is 19.6 Å². The number of hydrogen-bond donors (Lipinski definition) is 2. The maximum atomic E-state index is 12.3. The predicted octanol–water partition coefficient (Wildman–Crippen LogP) is 1.84. The van der Waals surface area contributed by atoms with Gasteiger partial charge in [-0.3, -0.25) is 4.79 Å². The molecule has 0 bridgehead atoms. The van der Waals surface area contributed by atoms with Crippen LogP contribution in [0, 0.1) is 0 Å². The van der Waals surface area contributed by atoms with Gasteiger partial charge in [-0.05, 0) is 51.0 Å². The molecule has 1 aromatic carbocycles. The molecule has 7 heteroatoms. The van der Waals surface area contributed by atoms with Crippen molar-refractivity contribution in [1.29, 1.82) is 0 Å². The Balaban J connectivity index is 2.00. The van der Waals surface area contributed by atoms with Crippen molar-refractivity contribution in [2.45, 2.75) is 44.1 Å². The van der Waals surface area contributed by atoms with Crippen molar-refractivity contribution in [3.8, 4) is 0 Å². The first-order valence-electron chi connectivity index (χ1n) is 7.37. The first kappa shape index (κ1) is 16.9. The second-order valence-electron chi connectivity index (χ2n) is 5.63. The van der Waals surface area contributed by atoms with Crippen LogP contribution in [-0.4, -0.2) is 33.6 Å². The molecule has 22 heavy (non-hydrogen) atoms. The Morgan fingerprint density at radius 1 is 1.36 bits per heavy atom. The van der Waals surface area contributed by atoms with Crippen LogP contribution < -0.4 is 10.0 Å². The molecule has 122 valence electrons. The third-order valence-corrected chi connectivity index (χ3v) is 4.97. The zero-order chi connectivity index (χ0) is 16.3. The van der Waals surface area contributed by atoms with E-state index in [1.165, 1.54) is 6.07 Å². The number of fused-ring (bicyclic) bond motifs is 1. The van der Waals surface area contributed by atoms with Crippen LogP contribution in [0.5, 0.6) is 0 Å². The summed E-state index contributed by atoms with van der Waals surface area (Å²) < 4.78 is 32.4. The standard InChI is InChI=1S/C15H22N2O4S/c1-10(2)21-8-4-7-16-22(19,20)12-5-6-14-13(9-12)11(3)15(18)17-14/h5-6,9-11,16H,4,7-8H2,1-3H3,(H,17,18)/t11-/m0/s1. The van der Waals surface area contributed by atoms with Crippen molar-refractivity contribution in [2.75, 3.05) is 18.5 Å². The van der Waals surface area contributed by atoms with Crippen molar-refractivity contribution in [2.24, 2.45) is 0 Å². The van der Waals surface area contributed by atoms with Gasteiger partial charge in [0.25, 0.3) is 0 Å². The fourth-order valence-corrected chi connectivity index (χ4v) is 3.35. The highest BCUT2D eigenvalue weighted by atomic mass is 32.2. The fraction of sp³-hybridized carbons (Fsp3) is 0.533. The molecule has 0 aromatic heterocycles. The topological polar surface area (TPSA) is 84.5 Å². The van der Waals surface area contributed by atoms with Gasteiger partial charge in [-0.2, -0.15) is 0 Å². The van der Waals surface area contributed by atoms with Crippen molar-refractivity contribution in [3.05, 3.63) is 23.8 Å². The molecule has 0 saturated heterocycles. The molecule has 1 aliphatic rings. The summed E-state index contributed by atoms with van der Waals surface area (Å²) in [7, 11) is -3.57. The monoisotopic (exact) mass is 326 g/mol. The van der Waals surface area contributed by atoms with E-state index in [9.17, 15) is 13.2 Å². The third-order valence-electron chi connectivity index (χ3n) is 3.52. The first-order valence-corrected chi connectivity index (χ1v) is 8.85. The number of sulfonamides is 1. The van der Waals surface area contributed by atoms with Gasteiger partial charge in [-0.25, -0.2) is 13.1 Å². The minimum Gasteiger partial charge on any atom is -0.379 e. The fourth-order valence-electron chi connectivity index (χ4n) is 2.24. The number of anilines is 1. The Hall–Kier alpha value is -1.44. The lowest BCUT2D eigenvalue weighted by molar-refractivity contribution is -0.116. The Bertz CT molecular complexity index is 656. The number of amides is 1. The van der Waals surface area contributed by atoms with Gasteiger partial charge >= 0.3 is 0 Å². The van der Waals surface area contributed by atoms with E-state index in [-0.39, 0.29) is 22.8 Å². The molecule has 0 aliphatic carbocycles. The summed E-state index contributed by atoms with van der Waals surface area (Å²) in [5.41, 5.74) is 1.40. The van der Waals surface area contributed by atoms with E-state index in [1.807, 2.05) is 13.8 Å². The molecule has 1 aliphatic heterocycles. The molecule has 0 spiro atoms. The lowest BCUT2D eigenvalue weighted by Gasteiger charge is -2.10. The summed E-state index contributed by atoms with van der Waals surface area (Å²) in [5, 5.41) is 2.73. The lowest BCUT2D eigenvalue weighted by atomic mass is 10.0. The minimum atomic E-state index is -3.57. The van der Waals surface area contributed by atoms with Crippen LogP contribution in [0.2, 0.25) is 0 Å². The Labute approximate surface area is 131 Å². The highest BCUT2D eigenvalue weighted by molar-refractivity contribution is 7.89. The average molecular weight is 326 g/mol. The van der Waals surface area contributed by atoms with Crippen LogP contribution in [0.3, 0.4) is 0 Å². The van der Waals surface area contributed by atoms with Crippen LogP contribution in [0.25, 0.3) is 0 Å². The van der Waals surface area contributed by atoms with Gasteiger partial charge in [-0.1, -0.05) is 0 Å². The van der Waals surface area contributed by atoms with Crippen LogP contribution in [0.4, 0.5) is 5.69 Å². The number of hydrogen-bond acceptors (Lipinski definition) is 4. The third kappa shape index (κ3) is 3.85. The average Bonchev–Trinajstić information content (AvgIpc) is 2.73. The molecule has 6 nitrogen and oxygen atoms in total. The predicted molar refractivity (Wildman–Crippen MR) is 84.4 cm³/mol. The summed E-state index contributed by atoms with van der Waals surface area (Å²) >= 11 is 0. The molecular weight excluding hydrogens is 304 g/mol. The smallest absolute Gasteiger partial charge is 0.240 e. The second kappa shape index (κ2) is 6.76. The number of rotatable bonds is 7. The van der Waals surface area contributed by atoms with E-state index in [1.54, 1.807) is 19.1 Å². The molecule has 0 unspecified atom stereocenters. The van der Waals surface area contributed by atoms with E-state index in [4.69, 9.17) is 4.74 Å². The summed E-state index contributed by atoms with van der Waals surface area (Å²) in [5.74, 6) is -0.437. The minimum absolute atomic E-state index is 0.108. The van der Waals surface area contributed by atoms with Crippen LogP contribution in [0.15, 0.2) is 23.1 Å². The highest BCUT2D eigenvalue weighted by Crippen LogP contribution is 2.33. The quantitative estimate of drug-likeness (QED) is 0.749. The summed E-state index contributed by atoms with van der Waals surface area (Å²) in [4.78, 5) is 11.8. The largest absolute Gasteiger partial charge is 0.379 e. The Morgan fingerprint density at radius 2 is 2.09 bits per heavy atom. The molecule has 0 saturated carbocycles. The zero-order valence-corrected chi connectivity index (χ0v) is 13.9. The number of benzene rings is 1. The Morgan fingerprint density at radius 3 is 2.77 bits per heavy atom. The van der Waals surface area contributed by atoms with Gasteiger partial charge in [0.15, 0.2) is 0 Å². The summed E-state index contributed by atoms with van der Waals surface area (Å²) in [6.45, 7) is 6.46. The number of carbonyl (C=O) groups excluding carboxylic acids is 1. The van der Waals surface area contributed by atoms with Crippen molar-refractivity contribution < 1.29 is 17.9 Å². The van der Waals surface area contributed by atoms with Crippen molar-refractivity contribution in [3.63, 3.8) is 0 Å². The SMILES string of the molecule is CC(C)OCCCNS(=O)(=O)c1ccc2c(c1)[C@H](C)C(=O)N2. The number of ether oxygens (including phenoxy) is 1. The van der Waals surface area contributed by atoms with E-state index >= 15 is 0 Å². The molecule has 0 radical (unpaired) electrons. The molecule has 1 aromatic rings. The summed E-state index contributed by atoms with van der Waals surface area (Å²) in [6, 6.07) is 4.70. The van der Waals surface area contributed by atoms with E-state index in [0.29, 0.717) is 25.3 Å². The van der Waals surface area contributed by atoms with Crippen LogP contribution in [0.1, 0.15) is 38.7 Å². The lowest BCUT2D eigenvalue weighted by Crippen LogP contribution is -2.26. The molecular formula is C15H22N2O4S. The second-order valence-corrected chi connectivity index (χ2v) is 7.40. The molecule has 2 N–H and O–H groups in total. The molecule has 2 rings (SSSR count). The van der Waals surface area contributed by atoms with Gasteiger partial charge in [0.1, 0.15) is 0 Å². The van der Waals surface area contributed by atoms with Gasteiger partial charge in [-0.15, -0.1) is 0 Å². The van der Waals surface area contributed by atoms with Crippen LogP contribution >= 0.6 is 0 Å². The zero-order valence-electron chi connectivity index (χ0n) is 13.0. The van der Waals surface area contributed by atoms with Gasteiger partial charge in [0.05, 0.1) is 16.9 Å². The maximum Gasteiger partial charge on any atom is 0.240 e. The first-order chi connectivity index (χ1) is 10.3. The highest BCUT2D eigenvalue weighted by Gasteiger charge is 2.28. The Kier molecular flexibility index (Phi) is 5.20. The number of nitrogens with one attached hydrogen (secondary N) is 2. The van der Waals surface area contributed by atoms with Gasteiger partial charge < -0.3 is 10.1 Å². The van der Waals surface area contributed by atoms with Crippen molar-refractivity contribution in [1.82, 2.24) is 4.72 Å². The molecule has 0 fully saturated rings. The molecule has 1 atom stereocenters. The number of carbonyl (C=O) groups is 1. The maximum absolute atomic E-state index is 12.3. The van der Waals surface area contributed by atoms with Crippen molar-refractivity contribution >= 4 is 21.6 Å². The normalized spacial score (nSPS) is 17.6. The summed E-state index contributed by atoms with van der Waals surface area (Å²) in [6.07, 6.45) is 0.749.